The number of ether oxygens (including phenoxy) is 1. The minimum atomic E-state index is -5.10. The minimum Gasteiger partial charge on any atom is -0.404 e. The van der Waals surface area contributed by atoms with Crippen molar-refractivity contribution in [2.45, 2.75) is 18.2 Å². The van der Waals surface area contributed by atoms with Crippen LogP contribution in [0.1, 0.15) is 5.69 Å². The van der Waals surface area contributed by atoms with Crippen LogP contribution in [0, 0.1) is 6.92 Å². The number of para-hydroxylation sites is 1. The summed E-state index contributed by atoms with van der Waals surface area (Å²) in [5.41, 5.74) is 1.56. The number of sulfonamides is 1. The summed E-state index contributed by atoms with van der Waals surface area (Å²) < 4.78 is 72.3. The number of hydrogen-bond donors (Lipinski definition) is 2. The van der Waals surface area contributed by atoms with Crippen molar-refractivity contribution in [2.24, 2.45) is 0 Å². The third-order valence-corrected chi connectivity index (χ3v) is 6.41. The van der Waals surface area contributed by atoms with E-state index in [9.17, 15) is 21.6 Å². The molecule has 2 aromatic carbocycles. The number of nitrogens with zero attached hydrogens (tertiary/aromatic N) is 3. The highest BCUT2D eigenvalue weighted by atomic mass is 32.2. The van der Waals surface area contributed by atoms with Gasteiger partial charge >= 0.3 is 6.36 Å². The van der Waals surface area contributed by atoms with Crippen molar-refractivity contribution in [1.29, 1.82) is 0 Å². The molecule has 0 aliphatic rings. The second-order valence-electron chi connectivity index (χ2n) is 6.70. The predicted octanol–water partition coefficient (Wildman–Crippen LogP) is 5.08. The van der Waals surface area contributed by atoms with E-state index in [1.807, 2.05) is 30.3 Å². The smallest absolute Gasteiger partial charge is 0.404 e. The van der Waals surface area contributed by atoms with Gasteiger partial charge in [-0.15, -0.1) is 24.5 Å². The Morgan fingerprint density at radius 1 is 1.09 bits per heavy atom. The first-order chi connectivity index (χ1) is 15.6. The molecule has 0 aliphatic heterocycles. The lowest BCUT2D eigenvalue weighted by Crippen LogP contribution is -2.21. The van der Waals surface area contributed by atoms with Crippen LogP contribution in [0.3, 0.4) is 0 Å². The molecule has 4 rings (SSSR count). The van der Waals surface area contributed by atoms with Gasteiger partial charge in [-0.25, -0.2) is 18.1 Å². The summed E-state index contributed by atoms with van der Waals surface area (Å²) in [5, 5.41) is 8.89. The van der Waals surface area contributed by atoms with E-state index >= 15 is 0 Å². The molecule has 0 bridgehead atoms. The number of rotatable bonds is 7. The van der Waals surface area contributed by atoms with Crippen LogP contribution < -0.4 is 14.8 Å². The molecule has 0 unspecified atom stereocenters. The molecular weight excluding hydrogens is 479 g/mol. The maximum absolute atomic E-state index is 13.1. The van der Waals surface area contributed by atoms with Crippen LogP contribution in [0.25, 0.3) is 5.69 Å². The predicted molar refractivity (Wildman–Crippen MR) is 118 cm³/mol. The van der Waals surface area contributed by atoms with Gasteiger partial charge in [-0.2, -0.15) is 5.10 Å². The molecule has 13 heteroatoms. The molecule has 0 fully saturated rings. The molecule has 0 spiro atoms. The average Bonchev–Trinajstić information content (AvgIpc) is 3.36. The van der Waals surface area contributed by atoms with E-state index in [0.29, 0.717) is 11.5 Å². The molecular formula is C20H16F3N5O3S2. The van der Waals surface area contributed by atoms with Gasteiger partial charge in [0.1, 0.15) is 10.7 Å². The molecule has 0 saturated heterocycles. The zero-order valence-electron chi connectivity index (χ0n) is 16.9. The fourth-order valence-corrected chi connectivity index (χ4v) is 4.86. The van der Waals surface area contributed by atoms with E-state index in [4.69, 9.17) is 0 Å². The summed E-state index contributed by atoms with van der Waals surface area (Å²) in [4.78, 5) is 3.10. The number of nitrogens with one attached hydrogen (secondary N) is 2. The van der Waals surface area contributed by atoms with Crippen molar-refractivity contribution in [3.8, 4) is 11.4 Å². The van der Waals surface area contributed by atoms with Crippen LogP contribution in [-0.4, -0.2) is 29.5 Å². The fourth-order valence-electron chi connectivity index (χ4n) is 2.96. The van der Waals surface area contributed by atoms with Crippen molar-refractivity contribution in [3.63, 3.8) is 0 Å². The number of thiazole rings is 1. The Kier molecular flexibility index (Phi) is 5.99. The van der Waals surface area contributed by atoms with Gasteiger partial charge in [0, 0.05) is 29.4 Å². The Balaban J connectivity index is 1.71. The van der Waals surface area contributed by atoms with Crippen molar-refractivity contribution in [3.05, 3.63) is 71.9 Å². The third kappa shape index (κ3) is 5.43. The number of halogens is 3. The first-order valence-corrected chi connectivity index (χ1v) is 11.7. The molecule has 2 aromatic heterocycles. The van der Waals surface area contributed by atoms with Gasteiger partial charge in [-0.1, -0.05) is 18.2 Å². The highest BCUT2D eigenvalue weighted by molar-refractivity contribution is 7.93. The maximum Gasteiger partial charge on any atom is 0.573 e. The normalized spacial score (nSPS) is 11.9. The third-order valence-electron chi connectivity index (χ3n) is 4.22. The Morgan fingerprint density at radius 3 is 2.52 bits per heavy atom. The molecule has 2 N–H and O–H groups in total. The molecule has 172 valence electrons. The molecule has 8 nitrogen and oxygen atoms in total. The highest BCUT2D eigenvalue weighted by Gasteiger charge is 2.34. The first-order valence-electron chi connectivity index (χ1n) is 9.32. The lowest BCUT2D eigenvalue weighted by molar-refractivity contribution is -0.275. The molecule has 0 saturated carbocycles. The van der Waals surface area contributed by atoms with Crippen molar-refractivity contribution in [2.75, 3.05) is 10.0 Å². The zero-order valence-corrected chi connectivity index (χ0v) is 18.5. The van der Waals surface area contributed by atoms with E-state index in [2.05, 4.69) is 24.9 Å². The molecule has 33 heavy (non-hydrogen) atoms. The Bertz CT molecular complexity index is 1360. The topological polar surface area (TPSA) is 98.1 Å². The standard InChI is InChI=1S/C20H16F3N5O3S2/c1-13-11-18(28(26-13)15-5-3-2-4-6-15)25-14-7-8-17(16(12-14)31-20(21,22)23)33(29,30)27-19-24-9-10-32-19/h2-12,25H,1H3,(H,24,27). The van der Waals surface area contributed by atoms with Gasteiger partial charge in [-0.3, -0.25) is 4.72 Å². The summed E-state index contributed by atoms with van der Waals surface area (Å²) in [5.74, 6) is -0.424. The number of aromatic nitrogens is 3. The molecule has 0 atom stereocenters. The van der Waals surface area contributed by atoms with Crippen LogP contribution in [0.2, 0.25) is 0 Å². The Hall–Kier alpha value is -3.58. The van der Waals surface area contributed by atoms with Crippen LogP contribution in [0.5, 0.6) is 5.75 Å². The van der Waals surface area contributed by atoms with Crippen molar-refractivity contribution < 1.29 is 26.3 Å². The van der Waals surface area contributed by atoms with E-state index in [-0.39, 0.29) is 10.8 Å². The fraction of sp³-hybridized carbons (Fsp3) is 0.100. The summed E-state index contributed by atoms with van der Waals surface area (Å²) in [6.45, 7) is 1.77. The number of aryl methyl sites for hydroxylation is 1. The molecule has 4 aromatic rings. The number of hydrogen-bond acceptors (Lipinski definition) is 7. The van der Waals surface area contributed by atoms with Gasteiger partial charge in [0.25, 0.3) is 10.0 Å². The Morgan fingerprint density at radius 2 is 1.85 bits per heavy atom. The molecule has 0 aliphatic carbocycles. The van der Waals surface area contributed by atoms with Crippen LogP contribution in [0.15, 0.2) is 71.1 Å². The van der Waals surface area contributed by atoms with Crippen LogP contribution >= 0.6 is 11.3 Å². The highest BCUT2D eigenvalue weighted by Crippen LogP contribution is 2.34. The summed E-state index contributed by atoms with van der Waals surface area (Å²) in [7, 11) is -4.40. The monoisotopic (exact) mass is 495 g/mol. The average molecular weight is 496 g/mol. The SMILES string of the molecule is Cc1cc(Nc2ccc(S(=O)(=O)Nc3nccs3)c(OC(F)(F)F)c2)n(-c2ccccc2)n1. The number of anilines is 3. The van der Waals surface area contributed by atoms with E-state index in [1.54, 1.807) is 17.7 Å². The maximum atomic E-state index is 13.1. The quantitative estimate of drug-likeness (QED) is 0.371. The second-order valence-corrected chi connectivity index (χ2v) is 9.24. The summed E-state index contributed by atoms with van der Waals surface area (Å²) in [6, 6.07) is 14.1. The molecule has 0 radical (unpaired) electrons. The van der Waals surface area contributed by atoms with Crippen LogP contribution in [0.4, 0.5) is 29.8 Å². The first kappa shape index (κ1) is 22.6. The van der Waals surface area contributed by atoms with Gasteiger partial charge < -0.3 is 10.1 Å². The van der Waals surface area contributed by atoms with Gasteiger partial charge in [-0.05, 0) is 31.2 Å². The van der Waals surface area contributed by atoms with Gasteiger partial charge in [0.05, 0.1) is 11.4 Å². The van der Waals surface area contributed by atoms with Gasteiger partial charge in [0.2, 0.25) is 0 Å². The Labute approximate surface area is 190 Å². The van der Waals surface area contributed by atoms with E-state index in [1.165, 1.54) is 17.6 Å². The summed E-state index contributed by atoms with van der Waals surface area (Å²) in [6.07, 6.45) is -3.74. The van der Waals surface area contributed by atoms with Crippen LogP contribution in [-0.2, 0) is 10.0 Å². The number of benzene rings is 2. The lowest BCUT2D eigenvalue weighted by atomic mass is 10.3. The second kappa shape index (κ2) is 8.75. The van der Waals surface area contributed by atoms with Gasteiger partial charge in [0.15, 0.2) is 10.9 Å². The van der Waals surface area contributed by atoms with Crippen molar-refractivity contribution >= 4 is 38.0 Å². The van der Waals surface area contributed by atoms with E-state index in [0.717, 1.165) is 29.2 Å². The molecule has 0 amide bonds. The lowest BCUT2D eigenvalue weighted by Gasteiger charge is -2.16. The minimum absolute atomic E-state index is 0.0115. The number of alkyl halides is 3. The van der Waals surface area contributed by atoms with E-state index < -0.39 is 27.0 Å². The van der Waals surface area contributed by atoms with Crippen molar-refractivity contribution in [1.82, 2.24) is 14.8 Å². The zero-order chi connectivity index (χ0) is 23.6. The largest absolute Gasteiger partial charge is 0.573 e. The summed E-state index contributed by atoms with van der Waals surface area (Å²) >= 11 is 0.984. The molecule has 2 heterocycles.